The van der Waals surface area contributed by atoms with Crippen molar-refractivity contribution in [1.82, 2.24) is 0 Å². The standard InChI is InChI=1S/C8H18/c1-5-7(3)8(4)6-2/h7-8H,5-6H2,1-4H3/t7-,8-/m1/s1. The molecule has 8 heavy (non-hydrogen) atoms. The molecule has 0 fully saturated rings. The molecule has 0 saturated carbocycles. The minimum atomic E-state index is 0.917. The van der Waals surface area contributed by atoms with Gasteiger partial charge < -0.3 is 0 Å². The van der Waals surface area contributed by atoms with Gasteiger partial charge >= 0.3 is 0 Å². The van der Waals surface area contributed by atoms with Crippen molar-refractivity contribution in [3.05, 3.63) is 0 Å². The molecular formula is C8H18. The van der Waals surface area contributed by atoms with Gasteiger partial charge in [-0.25, -0.2) is 0 Å². The first-order chi connectivity index (χ1) is 3.72. The van der Waals surface area contributed by atoms with Gasteiger partial charge in [-0.1, -0.05) is 40.5 Å². The van der Waals surface area contributed by atoms with Crippen molar-refractivity contribution in [1.29, 1.82) is 0 Å². The van der Waals surface area contributed by atoms with Crippen LogP contribution < -0.4 is 0 Å². The summed E-state index contributed by atoms with van der Waals surface area (Å²) >= 11 is 0. The molecule has 0 aromatic carbocycles. The zero-order valence-corrected chi connectivity index (χ0v) is 6.57. The molecule has 2 atom stereocenters. The molecule has 0 amide bonds. The van der Waals surface area contributed by atoms with Crippen LogP contribution in [0, 0.1) is 11.8 Å². The average Bonchev–Trinajstić information content (AvgIpc) is 1.84. The third-order valence-electron chi connectivity index (χ3n) is 2.26. The largest absolute Gasteiger partial charge is 0.0651 e. The Hall–Kier alpha value is 0. The van der Waals surface area contributed by atoms with Crippen LogP contribution in [0.4, 0.5) is 0 Å². The highest BCUT2D eigenvalue weighted by atomic mass is 14.1. The van der Waals surface area contributed by atoms with Crippen molar-refractivity contribution in [2.24, 2.45) is 11.8 Å². The molecule has 0 heterocycles. The summed E-state index contributed by atoms with van der Waals surface area (Å²) in [5.41, 5.74) is 0. The fourth-order valence-corrected chi connectivity index (χ4v) is 0.805. The maximum atomic E-state index is 2.33. The molecule has 0 aromatic rings. The third kappa shape index (κ3) is 2.34. The molecule has 0 spiro atoms. The maximum absolute atomic E-state index is 2.33. The number of hydrogen-bond acceptors (Lipinski definition) is 0. The van der Waals surface area contributed by atoms with Crippen molar-refractivity contribution < 1.29 is 0 Å². The van der Waals surface area contributed by atoms with Crippen LogP contribution in [0.5, 0.6) is 0 Å². The van der Waals surface area contributed by atoms with Crippen molar-refractivity contribution in [3.8, 4) is 0 Å². The van der Waals surface area contributed by atoms with Gasteiger partial charge in [-0.3, -0.25) is 0 Å². The summed E-state index contributed by atoms with van der Waals surface area (Å²) in [5.74, 6) is 1.83. The lowest BCUT2D eigenvalue weighted by Gasteiger charge is -2.14. The molecule has 0 N–H and O–H groups in total. The van der Waals surface area contributed by atoms with E-state index in [1.165, 1.54) is 12.8 Å². The maximum Gasteiger partial charge on any atom is -0.0420 e. The zero-order chi connectivity index (χ0) is 6.57. The minimum Gasteiger partial charge on any atom is -0.0651 e. The first-order valence-corrected chi connectivity index (χ1v) is 3.72. The lowest BCUT2D eigenvalue weighted by Crippen LogP contribution is -2.04. The molecular weight excluding hydrogens is 96.1 g/mol. The van der Waals surface area contributed by atoms with E-state index in [9.17, 15) is 0 Å². The van der Waals surface area contributed by atoms with E-state index < -0.39 is 0 Å². The Bertz CT molecular complexity index is 40.0. The predicted octanol–water partition coefficient (Wildman–Crippen LogP) is 3.08. The van der Waals surface area contributed by atoms with Gasteiger partial charge in [0.25, 0.3) is 0 Å². The van der Waals surface area contributed by atoms with Crippen molar-refractivity contribution in [3.63, 3.8) is 0 Å². The van der Waals surface area contributed by atoms with E-state index in [1.807, 2.05) is 0 Å². The summed E-state index contributed by atoms with van der Waals surface area (Å²) in [4.78, 5) is 0. The summed E-state index contributed by atoms with van der Waals surface area (Å²) in [6, 6.07) is 0. The van der Waals surface area contributed by atoms with Crippen molar-refractivity contribution >= 4 is 0 Å². The molecule has 0 heteroatoms. The van der Waals surface area contributed by atoms with Crippen LogP contribution in [0.25, 0.3) is 0 Å². The van der Waals surface area contributed by atoms with E-state index in [1.54, 1.807) is 0 Å². The Kier molecular flexibility index (Phi) is 3.94. The summed E-state index contributed by atoms with van der Waals surface area (Å²) in [6.07, 6.45) is 2.66. The topological polar surface area (TPSA) is 0 Å². The molecule has 0 aliphatic heterocycles. The molecule has 0 bridgehead atoms. The van der Waals surface area contributed by atoms with E-state index in [2.05, 4.69) is 27.7 Å². The van der Waals surface area contributed by atoms with E-state index in [4.69, 9.17) is 0 Å². The van der Waals surface area contributed by atoms with Crippen LogP contribution in [0.3, 0.4) is 0 Å². The van der Waals surface area contributed by atoms with E-state index >= 15 is 0 Å². The fourth-order valence-electron chi connectivity index (χ4n) is 0.805. The van der Waals surface area contributed by atoms with Gasteiger partial charge in [0, 0.05) is 0 Å². The van der Waals surface area contributed by atoms with Gasteiger partial charge in [0.2, 0.25) is 0 Å². The Labute approximate surface area is 53.3 Å². The van der Waals surface area contributed by atoms with Crippen LogP contribution in [0.1, 0.15) is 40.5 Å². The zero-order valence-electron chi connectivity index (χ0n) is 6.57. The lowest BCUT2D eigenvalue weighted by molar-refractivity contribution is 0.367. The third-order valence-corrected chi connectivity index (χ3v) is 2.26. The van der Waals surface area contributed by atoms with Crippen LogP contribution in [-0.4, -0.2) is 0 Å². The summed E-state index contributed by atoms with van der Waals surface area (Å²) in [5, 5.41) is 0. The molecule has 0 radical (unpaired) electrons. The van der Waals surface area contributed by atoms with Crippen LogP contribution in [0.2, 0.25) is 0 Å². The number of hydrogen-bond donors (Lipinski definition) is 0. The van der Waals surface area contributed by atoms with Gasteiger partial charge in [0.05, 0.1) is 0 Å². The summed E-state index contributed by atoms with van der Waals surface area (Å²) < 4.78 is 0. The first kappa shape index (κ1) is 8.00. The molecule has 0 rings (SSSR count). The Balaban J connectivity index is 3.29. The van der Waals surface area contributed by atoms with Gasteiger partial charge in [-0.05, 0) is 11.8 Å². The second-order valence-electron chi connectivity index (χ2n) is 2.77. The van der Waals surface area contributed by atoms with Crippen molar-refractivity contribution in [2.75, 3.05) is 0 Å². The molecule has 0 aromatic heterocycles. The average molecular weight is 114 g/mol. The predicted molar refractivity (Wildman–Crippen MR) is 38.9 cm³/mol. The van der Waals surface area contributed by atoms with Crippen LogP contribution in [-0.2, 0) is 0 Å². The van der Waals surface area contributed by atoms with E-state index in [0.29, 0.717) is 0 Å². The van der Waals surface area contributed by atoms with Gasteiger partial charge in [0.15, 0.2) is 0 Å². The summed E-state index contributed by atoms with van der Waals surface area (Å²) in [6.45, 7) is 9.18. The first-order valence-electron chi connectivity index (χ1n) is 3.72. The molecule has 50 valence electrons. The SMILES string of the molecule is CC[C@@H](C)[C@H](C)CC. The molecule has 0 aliphatic rings. The van der Waals surface area contributed by atoms with Crippen LogP contribution in [0.15, 0.2) is 0 Å². The van der Waals surface area contributed by atoms with Gasteiger partial charge in [-0.15, -0.1) is 0 Å². The smallest absolute Gasteiger partial charge is 0.0420 e. The number of rotatable bonds is 3. The Morgan fingerprint density at radius 1 is 0.875 bits per heavy atom. The molecule has 0 nitrogen and oxygen atoms in total. The Morgan fingerprint density at radius 2 is 1.12 bits per heavy atom. The fraction of sp³-hybridized carbons (Fsp3) is 1.00. The van der Waals surface area contributed by atoms with Gasteiger partial charge in [0.1, 0.15) is 0 Å². The molecule has 0 aliphatic carbocycles. The minimum absolute atomic E-state index is 0.917. The second kappa shape index (κ2) is 3.94. The monoisotopic (exact) mass is 114 g/mol. The van der Waals surface area contributed by atoms with Crippen molar-refractivity contribution in [2.45, 2.75) is 40.5 Å². The van der Waals surface area contributed by atoms with E-state index in [0.717, 1.165) is 11.8 Å². The van der Waals surface area contributed by atoms with Gasteiger partial charge in [-0.2, -0.15) is 0 Å². The highest BCUT2D eigenvalue weighted by Crippen LogP contribution is 2.16. The van der Waals surface area contributed by atoms with E-state index in [-0.39, 0.29) is 0 Å². The summed E-state index contributed by atoms with van der Waals surface area (Å²) in [7, 11) is 0. The molecule has 0 unspecified atom stereocenters. The highest BCUT2D eigenvalue weighted by Gasteiger charge is 2.05. The molecule has 0 saturated heterocycles. The Morgan fingerprint density at radius 3 is 1.25 bits per heavy atom. The highest BCUT2D eigenvalue weighted by molar-refractivity contribution is 4.56. The normalized spacial score (nSPS) is 18.0. The quantitative estimate of drug-likeness (QED) is 0.529. The second-order valence-corrected chi connectivity index (χ2v) is 2.77. The van der Waals surface area contributed by atoms with Crippen LogP contribution >= 0.6 is 0 Å². The lowest BCUT2D eigenvalue weighted by atomic mass is 9.92.